The van der Waals surface area contributed by atoms with Gasteiger partial charge in [-0.1, -0.05) is 18.6 Å². The number of rotatable bonds is 26. The number of hydrogen-bond acceptors (Lipinski definition) is 16. The molecule has 27 heteroatoms. The van der Waals surface area contributed by atoms with E-state index in [-0.39, 0.29) is 80.1 Å². The van der Waals surface area contributed by atoms with E-state index in [0.29, 0.717) is 78.5 Å². The highest BCUT2D eigenvalue weighted by atomic mass is 32.2. The van der Waals surface area contributed by atoms with Gasteiger partial charge in [0, 0.05) is 66.6 Å². The average Bonchev–Trinajstić information content (AvgIpc) is 3.67. The van der Waals surface area contributed by atoms with Crippen LogP contribution in [0.25, 0.3) is 21.5 Å². The van der Waals surface area contributed by atoms with Crippen molar-refractivity contribution in [1.29, 1.82) is 0 Å². The number of allylic oxidation sites excluding steroid dienone is 4. The number of anilines is 1. The molecule has 0 saturated heterocycles. The summed E-state index contributed by atoms with van der Waals surface area (Å²) in [5.41, 5.74) is -0.0851. The summed E-state index contributed by atoms with van der Waals surface area (Å²) in [7, 11) is -23.7. The number of aliphatic carboxylic acids is 1. The smallest absolute Gasteiger partial charge is 0.303 e. The van der Waals surface area contributed by atoms with E-state index in [9.17, 15) is 74.8 Å². The molecule has 0 aliphatic carbocycles. The van der Waals surface area contributed by atoms with Crippen molar-refractivity contribution in [2.45, 2.75) is 96.1 Å². The highest BCUT2D eigenvalue weighted by Crippen LogP contribution is 2.54. The fourth-order valence-electron chi connectivity index (χ4n) is 10.1. The van der Waals surface area contributed by atoms with Gasteiger partial charge < -0.3 is 28.8 Å². The molecule has 4 aromatic rings. The van der Waals surface area contributed by atoms with Crippen LogP contribution in [0, 0.1) is 0 Å². The Kier molecular flexibility index (Phi) is 17.8. The quantitative estimate of drug-likeness (QED) is 0.0289. The SMILES string of the molecule is CC[N+]1=C(/C=C/C=C2/N(CCCCCC(=O)O)c3ccc4c(S(=O)(=O)[O-])cc(S(=O)(=O)O)cc4c3C2(C)CCOCCOCCOC)C(C)(CCCS(=O)(=O)O)c2c1ccc1c(S(=O)(=O)O)cc(S(=O)(=O)O)cc21. The van der Waals surface area contributed by atoms with Crippen LogP contribution in [0.5, 0.6) is 0 Å². The van der Waals surface area contributed by atoms with Crippen LogP contribution >= 0.6 is 0 Å². The fraction of sp³-hybridized carbons (Fsp3) is 0.447. The Morgan fingerprint density at radius 1 is 0.689 bits per heavy atom. The number of carbonyl (C=O) groups is 1. The molecule has 0 amide bonds. The Hall–Kier alpha value is -4.75. The maximum absolute atomic E-state index is 12.8. The van der Waals surface area contributed by atoms with Crippen LogP contribution in [0.3, 0.4) is 0 Å². The lowest BCUT2D eigenvalue weighted by Gasteiger charge is -2.31. The van der Waals surface area contributed by atoms with Gasteiger partial charge in [-0.3, -0.25) is 23.0 Å². The van der Waals surface area contributed by atoms with Crippen molar-refractivity contribution in [3.8, 4) is 0 Å². The van der Waals surface area contributed by atoms with Crippen LogP contribution in [-0.2, 0) is 80.4 Å². The van der Waals surface area contributed by atoms with Crippen molar-refractivity contribution in [1.82, 2.24) is 0 Å². The zero-order valence-corrected chi connectivity index (χ0v) is 44.8. The molecule has 0 fully saturated rings. The normalized spacial score (nSPS) is 19.1. The molecular formula is C47H58N2O20S5. The molecule has 2 atom stereocenters. The number of hydrogen-bond donors (Lipinski definition) is 5. The molecule has 22 nitrogen and oxygen atoms in total. The van der Waals surface area contributed by atoms with Crippen molar-refractivity contribution >= 4 is 95.2 Å². The summed E-state index contributed by atoms with van der Waals surface area (Å²) in [4.78, 5) is 9.87. The van der Waals surface area contributed by atoms with E-state index in [4.69, 9.17) is 14.2 Å². The molecule has 0 radical (unpaired) electrons. The number of fused-ring (bicyclic) bond motifs is 6. The highest BCUT2D eigenvalue weighted by Gasteiger charge is 2.49. The van der Waals surface area contributed by atoms with Gasteiger partial charge in [-0.05, 0) is 117 Å². The summed E-state index contributed by atoms with van der Waals surface area (Å²) in [5.74, 6) is -1.70. The molecule has 0 aromatic heterocycles. The van der Waals surface area contributed by atoms with Crippen LogP contribution in [0.1, 0.15) is 76.8 Å². The zero-order valence-electron chi connectivity index (χ0n) is 40.8. The molecule has 0 saturated carbocycles. The first kappa shape index (κ1) is 58.5. The number of carboxylic acid groups (broad SMARTS) is 1. The van der Waals surface area contributed by atoms with Gasteiger partial charge >= 0.3 is 5.97 Å². The van der Waals surface area contributed by atoms with Gasteiger partial charge in [-0.25, -0.2) is 8.42 Å². The average molecular weight is 1130 g/mol. The molecule has 2 aliphatic rings. The van der Waals surface area contributed by atoms with Crippen LogP contribution < -0.4 is 4.90 Å². The van der Waals surface area contributed by atoms with Crippen molar-refractivity contribution in [3.05, 3.63) is 83.6 Å². The Morgan fingerprint density at radius 2 is 1.27 bits per heavy atom. The molecular weight excluding hydrogens is 1070 g/mol. The number of methoxy groups -OCH3 is 1. The van der Waals surface area contributed by atoms with E-state index in [1.807, 2.05) is 9.48 Å². The molecule has 0 bridgehead atoms. The van der Waals surface area contributed by atoms with E-state index in [1.54, 1.807) is 51.1 Å². The first-order valence-corrected chi connectivity index (χ1v) is 30.5. The lowest BCUT2D eigenvalue weighted by atomic mass is 9.74. The monoisotopic (exact) mass is 1130 g/mol. The van der Waals surface area contributed by atoms with Gasteiger partial charge in [0.15, 0.2) is 5.71 Å². The summed E-state index contributed by atoms with van der Waals surface area (Å²) in [6.45, 7) is 6.71. The Labute approximate surface area is 430 Å². The van der Waals surface area contributed by atoms with Gasteiger partial charge in [-0.15, -0.1) is 0 Å². The molecule has 406 valence electrons. The maximum Gasteiger partial charge on any atom is 0.303 e. The molecule has 6 rings (SSSR count). The van der Waals surface area contributed by atoms with E-state index in [1.165, 1.54) is 19.2 Å². The summed E-state index contributed by atoms with van der Waals surface area (Å²) >= 11 is 0. The molecule has 5 N–H and O–H groups in total. The van der Waals surface area contributed by atoms with Crippen LogP contribution in [0.2, 0.25) is 0 Å². The summed E-state index contributed by atoms with van der Waals surface area (Å²) in [6, 6.07) is 9.16. The van der Waals surface area contributed by atoms with Crippen molar-refractivity contribution in [2.75, 3.05) is 63.9 Å². The van der Waals surface area contributed by atoms with Gasteiger partial charge in [-0.2, -0.15) is 38.2 Å². The van der Waals surface area contributed by atoms with Gasteiger partial charge in [0.25, 0.3) is 40.5 Å². The summed E-state index contributed by atoms with van der Waals surface area (Å²) in [5, 5.41) is 9.08. The molecule has 2 unspecified atom stereocenters. The van der Waals surface area contributed by atoms with E-state index >= 15 is 0 Å². The summed E-state index contributed by atoms with van der Waals surface area (Å²) < 4.78 is 198. The lowest BCUT2D eigenvalue weighted by Crippen LogP contribution is -2.32. The van der Waals surface area contributed by atoms with E-state index < -0.39 is 92.7 Å². The summed E-state index contributed by atoms with van der Waals surface area (Å²) in [6.07, 6.45) is 6.02. The number of carboxylic acids is 1. The fourth-order valence-corrected chi connectivity index (χ4v) is 13.3. The van der Waals surface area contributed by atoms with Crippen molar-refractivity contribution in [3.63, 3.8) is 0 Å². The topological polar surface area (TPSA) is 346 Å². The predicted octanol–water partition coefficient (Wildman–Crippen LogP) is 5.61. The minimum absolute atomic E-state index is 0.00490. The second-order valence-electron chi connectivity index (χ2n) is 18.2. The van der Waals surface area contributed by atoms with E-state index in [0.717, 1.165) is 12.1 Å². The first-order chi connectivity index (χ1) is 34.4. The van der Waals surface area contributed by atoms with E-state index in [2.05, 4.69) is 0 Å². The Balaban J connectivity index is 1.61. The van der Waals surface area contributed by atoms with Gasteiger partial charge in [0.05, 0.1) is 52.3 Å². The van der Waals surface area contributed by atoms with Crippen LogP contribution in [0.15, 0.2) is 92.0 Å². The maximum atomic E-state index is 12.8. The molecule has 2 heterocycles. The second kappa shape index (κ2) is 22.5. The molecule has 74 heavy (non-hydrogen) atoms. The first-order valence-electron chi connectivity index (χ1n) is 23.1. The third-order valence-corrected chi connectivity index (χ3v) is 17.6. The van der Waals surface area contributed by atoms with Gasteiger partial charge in [0.2, 0.25) is 5.69 Å². The van der Waals surface area contributed by atoms with Crippen LogP contribution in [0.4, 0.5) is 11.4 Å². The third kappa shape index (κ3) is 12.7. The molecule has 0 spiro atoms. The van der Waals surface area contributed by atoms with Crippen LogP contribution in [-0.4, -0.2) is 145 Å². The third-order valence-electron chi connectivity index (χ3n) is 13.4. The second-order valence-corrected chi connectivity index (χ2v) is 25.4. The number of ether oxygens (including phenoxy) is 3. The molecule has 4 aromatic carbocycles. The minimum Gasteiger partial charge on any atom is -0.744 e. The highest BCUT2D eigenvalue weighted by molar-refractivity contribution is 7.87. The largest absolute Gasteiger partial charge is 0.744 e. The van der Waals surface area contributed by atoms with Gasteiger partial charge in [0.1, 0.15) is 21.6 Å². The van der Waals surface area contributed by atoms with Crippen molar-refractivity contribution < 1.29 is 93.5 Å². The number of nitrogens with zero attached hydrogens (tertiary/aromatic N) is 2. The molecule has 2 aliphatic heterocycles. The van der Waals surface area contributed by atoms with Crippen molar-refractivity contribution in [2.24, 2.45) is 0 Å². The number of unbranched alkanes of at least 4 members (excludes halogenated alkanes) is 2. The minimum atomic E-state index is -5.37. The number of benzene rings is 4. The standard InChI is InChI=1S/C47H58N2O20S5/c1-5-48-37-16-14-33-35(27-31(71(55,56)57)29-39(33)73(61,62)63)44(37)46(2,18-10-26-70(52,53)54)41(48)11-9-12-42-47(3,19-21-68-24-25-69-23-22-67-4)45-36-28-32(72(58,59)60)30-40(74(64,65)66)34(36)15-17-38(45)49(42)20-8-6-7-13-43(50)51/h9,11-12,14-17,27-30H,5-8,10,13,18-26H2,1-4H3,(H5-,50,51,52,53,54,55,56,57,58,59,60,61,62,63,64,65,66). The predicted molar refractivity (Wildman–Crippen MR) is 270 cm³/mol. The Bertz CT molecular complexity index is 3540. The Morgan fingerprint density at radius 3 is 1.84 bits per heavy atom. The lowest BCUT2D eigenvalue weighted by molar-refractivity contribution is -0.433. The zero-order chi connectivity index (χ0) is 54.8.